The summed E-state index contributed by atoms with van der Waals surface area (Å²) >= 11 is 0. The third-order valence-corrected chi connectivity index (χ3v) is 4.36. The van der Waals surface area contributed by atoms with Crippen LogP contribution in [0.25, 0.3) is 0 Å². The topological polar surface area (TPSA) is 62.3 Å². The highest BCUT2D eigenvalue weighted by Crippen LogP contribution is 2.14. The molecule has 3 aromatic rings. The molecule has 1 aromatic heterocycles. The van der Waals surface area contributed by atoms with Crippen LogP contribution in [-0.2, 0) is 6.54 Å². The number of hydrogen-bond donors (Lipinski definition) is 1. The second-order valence-electron chi connectivity index (χ2n) is 6.88. The number of benzene rings is 2. The van der Waals surface area contributed by atoms with Crippen LogP contribution in [0.5, 0.6) is 0 Å². The third-order valence-electron chi connectivity index (χ3n) is 4.36. The Kier molecular flexibility index (Phi) is 6.34. The van der Waals surface area contributed by atoms with Crippen molar-refractivity contribution in [2.75, 3.05) is 5.32 Å². The number of aromatic nitrogens is 1. The summed E-state index contributed by atoms with van der Waals surface area (Å²) in [6.45, 7) is 4.31. The van der Waals surface area contributed by atoms with Gasteiger partial charge in [-0.15, -0.1) is 0 Å². The highest BCUT2D eigenvalue weighted by molar-refractivity contribution is 6.03. The standard InChI is InChI=1S/C23H22FN3O2/c1-16(2)27(15-17-8-4-3-5-9-17)23(29)21-13-7-12-20(26-21)22(28)25-19-11-6-10-18(24)14-19/h3-14,16H,15H2,1-2H3,(H,25,28). The van der Waals surface area contributed by atoms with Crippen molar-refractivity contribution in [3.05, 3.63) is 95.6 Å². The van der Waals surface area contributed by atoms with Gasteiger partial charge in [0, 0.05) is 18.3 Å². The van der Waals surface area contributed by atoms with E-state index in [1.807, 2.05) is 44.2 Å². The molecule has 6 heteroatoms. The number of carbonyl (C=O) groups excluding carboxylic acids is 2. The molecule has 0 bridgehead atoms. The van der Waals surface area contributed by atoms with Crippen LogP contribution in [0.15, 0.2) is 72.8 Å². The summed E-state index contributed by atoms with van der Waals surface area (Å²) in [6.07, 6.45) is 0. The molecule has 0 atom stereocenters. The van der Waals surface area contributed by atoms with E-state index in [2.05, 4.69) is 10.3 Å². The van der Waals surface area contributed by atoms with E-state index in [-0.39, 0.29) is 23.3 Å². The Balaban J connectivity index is 1.79. The number of halogens is 1. The van der Waals surface area contributed by atoms with Crippen molar-refractivity contribution >= 4 is 17.5 Å². The molecular formula is C23H22FN3O2. The van der Waals surface area contributed by atoms with Gasteiger partial charge in [-0.25, -0.2) is 9.37 Å². The van der Waals surface area contributed by atoms with Crippen LogP contribution in [-0.4, -0.2) is 27.7 Å². The molecule has 148 valence electrons. The van der Waals surface area contributed by atoms with Crippen molar-refractivity contribution in [1.29, 1.82) is 0 Å². The molecular weight excluding hydrogens is 369 g/mol. The van der Waals surface area contributed by atoms with E-state index < -0.39 is 11.7 Å². The van der Waals surface area contributed by atoms with Gasteiger partial charge in [0.15, 0.2) is 0 Å². The average molecular weight is 391 g/mol. The second kappa shape index (κ2) is 9.10. The fraction of sp³-hybridized carbons (Fsp3) is 0.174. The van der Waals surface area contributed by atoms with Gasteiger partial charge in [0.25, 0.3) is 11.8 Å². The van der Waals surface area contributed by atoms with Gasteiger partial charge in [-0.2, -0.15) is 0 Å². The first-order chi connectivity index (χ1) is 13.9. The quantitative estimate of drug-likeness (QED) is 0.672. The van der Waals surface area contributed by atoms with E-state index in [0.717, 1.165) is 5.56 Å². The summed E-state index contributed by atoms with van der Waals surface area (Å²) in [5, 5.41) is 2.59. The van der Waals surface area contributed by atoms with Gasteiger partial charge in [-0.05, 0) is 49.7 Å². The maximum atomic E-state index is 13.3. The van der Waals surface area contributed by atoms with Crippen LogP contribution in [0.1, 0.15) is 40.4 Å². The number of nitrogens with one attached hydrogen (secondary N) is 1. The molecule has 2 amide bonds. The Morgan fingerprint density at radius 3 is 2.34 bits per heavy atom. The summed E-state index contributed by atoms with van der Waals surface area (Å²) in [5.74, 6) is -1.22. The zero-order valence-corrected chi connectivity index (χ0v) is 16.3. The Hall–Kier alpha value is -3.54. The number of nitrogens with zero attached hydrogens (tertiary/aromatic N) is 2. The van der Waals surface area contributed by atoms with Gasteiger partial charge < -0.3 is 10.2 Å². The number of hydrogen-bond acceptors (Lipinski definition) is 3. The molecule has 1 heterocycles. The molecule has 0 spiro atoms. The van der Waals surface area contributed by atoms with Crippen molar-refractivity contribution in [3.8, 4) is 0 Å². The van der Waals surface area contributed by atoms with E-state index in [1.165, 1.54) is 24.3 Å². The second-order valence-corrected chi connectivity index (χ2v) is 6.88. The van der Waals surface area contributed by atoms with Crippen molar-refractivity contribution < 1.29 is 14.0 Å². The Morgan fingerprint density at radius 1 is 0.966 bits per heavy atom. The van der Waals surface area contributed by atoms with Gasteiger partial charge >= 0.3 is 0 Å². The average Bonchev–Trinajstić information content (AvgIpc) is 2.72. The first-order valence-electron chi connectivity index (χ1n) is 9.33. The summed E-state index contributed by atoms with van der Waals surface area (Å²) in [4.78, 5) is 31.5. The minimum atomic E-state index is -0.510. The maximum Gasteiger partial charge on any atom is 0.274 e. The van der Waals surface area contributed by atoms with Crippen molar-refractivity contribution in [3.63, 3.8) is 0 Å². The normalized spacial score (nSPS) is 10.6. The minimum Gasteiger partial charge on any atom is -0.331 e. The van der Waals surface area contributed by atoms with Crippen LogP contribution in [0, 0.1) is 5.82 Å². The Morgan fingerprint density at radius 2 is 1.66 bits per heavy atom. The van der Waals surface area contributed by atoms with Gasteiger partial charge in [-0.3, -0.25) is 9.59 Å². The highest BCUT2D eigenvalue weighted by atomic mass is 19.1. The van der Waals surface area contributed by atoms with E-state index in [0.29, 0.717) is 12.2 Å². The maximum absolute atomic E-state index is 13.3. The van der Waals surface area contributed by atoms with Crippen molar-refractivity contribution in [2.45, 2.75) is 26.4 Å². The van der Waals surface area contributed by atoms with E-state index in [4.69, 9.17) is 0 Å². The number of pyridine rings is 1. The molecule has 29 heavy (non-hydrogen) atoms. The SMILES string of the molecule is CC(C)N(Cc1ccccc1)C(=O)c1cccc(C(=O)Nc2cccc(F)c2)n1. The summed E-state index contributed by atoms with van der Waals surface area (Å²) in [6, 6.07) is 19.9. The highest BCUT2D eigenvalue weighted by Gasteiger charge is 2.21. The lowest BCUT2D eigenvalue weighted by molar-refractivity contribution is 0.0684. The predicted octanol–water partition coefficient (Wildman–Crippen LogP) is 4.52. The van der Waals surface area contributed by atoms with Crippen LogP contribution in [0.3, 0.4) is 0 Å². The zero-order valence-electron chi connectivity index (χ0n) is 16.3. The number of amides is 2. The van der Waals surface area contributed by atoms with Crippen molar-refractivity contribution in [1.82, 2.24) is 9.88 Å². The number of anilines is 1. The van der Waals surface area contributed by atoms with Crippen molar-refractivity contribution in [2.24, 2.45) is 0 Å². The van der Waals surface area contributed by atoms with Gasteiger partial charge in [0.05, 0.1) is 0 Å². The van der Waals surface area contributed by atoms with Crippen LogP contribution in [0.4, 0.5) is 10.1 Å². The molecule has 0 radical (unpaired) electrons. The van der Waals surface area contributed by atoms with Crippen LogP contribution < -0.4 is 5.32 Å². The van der Waals surface area contributed by atoms with Gasteiger partial charge in [-0.1, -0.05) is 42.5 Å². The lowest BCUT2D eigenvalue weighted by Crippen LogP contribution is -2.37. The molecule has 0 aliphatic carbocycles. The van der Waals surface area contributed by atoms with Gasteiger partial charge in [0.2, 0.25) is 0 Å². The van der Waals surface area contributed by atoms with Gasteiger partial charge in [0.1, 0.15) is 17.2 Å². The first kappa shape index (κ1) is 20.2. The van der Waals surface area contributed by atoms with E-state index in [1.54, 1.807) is 23.1 Å². The summed E-state index contributed by atoms with van der Waals surface area (Å²) < 4.78 is 13.3. The minimum absolute atomic E-state index is 0.0470. The lowest BCUT2D eigenvalue weighted by Gasteiger charge is -2.26. The molecule has 0 fully saturated rings. The molecule has 0 aliphatic rings. The predicted molar refractivity (Wildman–Crippen MR) is 110 cm³/mol. The molecule has 0 saturated carbocycles. The Labute approximate surface area is 169 Å². The fourth-order valence-corrected chi connectivity index (χ4v) is 2.86. The Bertz CT molecular complexity index is 1010. The van der Waals surface area contributed by atoms with E-state index >= 15 is 0 Å². The molecule has 0 aliphatic heterocycles. The first-order valence-corrected chi connectivity index (χ1v) is 9.33. The third kappa shape index (κ3) is 5.25. The number of rotatable bonds is 6. The zero-order chi connectivity index (χ0) is 20.8. The number of carbonyl (C=O) groups is 2. The molecule has 5 nitrogen and oxygen atoms in total. The molecule has 0 unspecified atom stereocenters. The lowest BCUT2D eigenvalue weighted by atomic mass is 10.1. The fourth-order valence-electron chi connectivity index (χ4n) is 2.86. The molecule has 0 saturated heterocycles. The molecule has 2 aromatic carbocycles. The summed E-state index contributed by atoms with van der Waals surface area (Å²) in [7, 11) is 0. The monoisotopic (exact) mass is 391 g/mol. The van der Waals surface area contributed by atoms with Crippen LogP contribution >= 0.6 is 0 Å². The van der Waals surface area contributed by atoms with E-state index in [9.17, 15) is 14.0 Å². The smallest absolute Gasteiger partial charge is 0.274 e. The molecule has 1 N–H and O–H groups in total. The summed E-state index contributed by atoms with van der Waals surface area (Å²) in [5.41, 5.74) is 1.60. The van der Waals surface area contributed by atoms with Crippen LogP contribution in [0.2, 0.25) is 0 Å². The largest absolute Gasteiger partial charge is 0.331 e. The molecule has 3 rings (SSSR count).